The zero-order valence-corrected chi connectivity index (χ0v) is 12.6. The molecule has 0 bridgehead atoms. The third kappa shape index (κ3) is 4.10. The summed E-state index contributed by atoms with van der Waals surface area (Å²) in [6.07, 6.45) is -3.00. The first kappa shape index (κ1) is 17.9. The van der Waals surface area contributed by atoms with E-state index in [0.29, 0.717) is 5.56 Å². The molecule has 1 aliphatic carbocycles. The first-order valence-corrected chi connectivity index (χ1v) is 7.21. The van der Waals surface area contributed by atoms with Crippen molar-refractivity contribution < 1.29 is 39.9 Å². The van der Waals surface area contributed by atoms with E-state index in [9.17, 15) is 24.9 Å². The predicted molar refractivity (Wildman–Crippen MR) is 80.9 cm³/mol. The first-order chi connectivity index (χ1) is 11.2. The van der Waals surface area contributed by atoms with Crippen LogP contribution in [0.5, 0.6) is 5.75 Å². The van der Waals surface area contributed by atoms with Crippen molar-refractivity contribution in [2.24, 2.45) is 0 Å². The average molecular weight is 338 g/mol. The Labute approximate surface area is 137 Å². The highest BCUT2D eigenvalue weighted by Gasteiger charge is 2.50. The molecular formula is C16H18O8. The van der Waals surface area contributed by atoms with Crippen molar-refractivity contribution in [3.05, 3.63) is 35.9 Å². The summed E-state index contributed by atoms with van der Waals surface area (Å²) in [5, 5.41) is 47.6. The summed E-state index contributed by atoms with van der Waals surface area (Å²) >= 11 is 0. The van der Waals surface area contributed by atoms with Gasteiger partial charge in [0.2, 0.25) is 0 Å². The highest BCUT2D eigenvalue weighted by Crippen LogP contribution is 2.31. The van der Waals surface area contributed by atoms with Gasteiger partial charge in [-0.2, -0.15) is 0 Å². The Bertz CT molecular complexity index is 638. The van der Waals surface area contributed by atoms with Crippen LogP contribution < -0.4 is 0 Å². The molecule has 1 fully saturated rings. The van der Waals surface area contributed by atoms with Crippen molar-refractivity contribution in [1.29, 1.82) is 0 Å². The molecule has 0 aromatic heterocycles. The van der Waals surface area contributed by atoms with Crippen LogP contribution in [0.3, 0.4) is 0 Å². The lowest BCUT2D eigenvalue weighted by molar-refractivity contribution is -0.196. The smallest absolute Gasteiger partial charge is 0.335 e. The second-order valence-corrected chi connectivity index (χ2v) is 5.70. The largest absolute Gasteiger partial charge is 0.508 e. The molecule has 0 spiro atoms. The van der Waals surface area contributed by atoms with Crippen LogP contribution in [0.15, 0.2) is 30.3 Å². The Balaban J connectivity index is 2.03. The van der Waals surface area contributed by atoms with Gasteiger partial charge in [-0.05, 0) is 23.8 Å². The molecule has 8 heteroatoms. The Morgan fingerprint density at radius 2 is 1.79 bits per heavy atom. The molecular weight excluding hydrogens is 320 g/mol. The molecule has 8 nitrogen and oxygen atoms in total. The van der Waals surface area contributed by atoms with E-state index < -0.39 is 48.7 Å². The lowest BCUT2D eigenvalue weighted by atomic mass is 9.79. The van der Waals surface area contributed by atoms with Gasteiger partial charge in [0.05, 0.1) is 6.10 Å². The lowest BCUT2D eigenvalue weighted by Gasteiger charge is -2.39. The fourth-order valence-corrected chi connectivity index (χ4v) is 2.48. The number of hydrogen-bond donors (Lipinski definition) is 5. The van der Waals surface area contributed by atoms with E-state index >= 15 is 0 Å². The predicted octanol–water partition coefficient (Wildman–Crippen LogP) is -0.352. The average Bonchev–Trinajstić information content (AvgIpc) is 2.51. The fourth-order valence-electron chi connectivity index (χ4n) is 2.48. The van der Waals surface area contributed by atoms with E-state index in [4.69, 9.17) is 14.9 Å². The molecule has 0 aliphatic heterocycles. The Kier molecular flexibility index (Phi) is 5.23. The molecule has 0 radical (unpaired) electrons. The number of phenols is 1. The summed E-state index contributed by atoms with van der Waals surface area (Å²) in [5.74, 6) is -2.36. The Hall–Kier alpha value is -2.42. The van der Waals surface area contributed by atoms with Crippen molar-refractivity contribution >= 4 is 18.0 Å². The lowest BCUT2D eigenvalue weighted by Crippen LogP contribution is -2.57. The molecule has 5 N–H and O–H groups in total. The number of aliphatic carboxylic acids is 1. The van der Waals surface area contributed by atoms with Crippen LogP contribution in [0.25, 0.3) is 6.08 Å². The zero-order chi connectivity index (χ0) is 17.9. The SMILES string of the molecule is O=C(/C=C/c1ccc(O)cc1)O[C@@H]1C[C@@](O)(C(=O)O)C[C@@H](O)[C@@H]1O. The van der Waals surface area contributed by atoms with Gasteiger partial charge in [0, 0.05) is 18.9 Å². The van der Waals surface area contributed by atoms with E-state index in [1.807, 2.05) is 0 Å². The van der Waals surface area contributed by atoms with Crippen LogP contribution in [0.1, 0.15) is 18.4 Å². The highest BCUT2D eigenvalue weighted by molar-refractivity contribution is 5.87. The quantitative estimate of drug-likeness (QED) is 0.370. The van der Waals surface area contributed by atoms with Crippen LogP contribution >= 0.6 is 0 Å². The molecule has 0 saturated heterocycles. The third-order valence-electron chi connectivity index (χ3n) is 3.83. The van der Waals surface area contributed by atoms with Gasteiger partial charge < -0.3 is 30.3 Å². The summed E-state index contributed by atoms with van der Waals surface area (Å²) in [6, 6.07) is 5.97. The first-order valence-electron chi connectivity index (χ1n) is 7.21. The third-order valence-corrected chi connectivity index (χ3v) is 3.83. The molecule has 1 saturated carbocycles. The number of rotatable bonds is 4. The number of carbonyl (C=O) groups excluding carboxylic acids is 1. The van der Waals surface area contributed by atoms with E-state index in [2.05, 4.69) is 0 Å². The van der Waals surface area contributed by atoms with Gasteiger partial charge in [0.15, 0.2) is 5.60 Å². The number of carbonyl (C=O) groups is 2. The number of esters is 1. The Morgan fingerprint density at radius 3 is 2.38 bits per heavy atom. The normalized spacial score (nSPS) is 30.2. The summed E-state index contributed by atoms with van der Waals surface area (Å²) < 4.78 is 4.96. The number of aliphatic hydroxyl groups is 3. The molecule has 0 amide bonds. The van der Waals surface area contributed by atoms with Gasteiger partial charge in [-0.25, -0.2) is 9.59 Å². The van der Waals surface area contributed by atoms with Gasteiger partial charge in [-0.3, -0.25) is 0 Å². The second-order valence-electron chi connectivity index (χ2n) is 5.70. The number of hydrogen-bond acceptors (Lipinski definition) is 7. The number of aromatic hydroxyl groups is 1. The van der Waals surface area contributed by atoms with Crippen molar-refractivity contribution in [2.45, 2.75) is 36.8 Å². The number of phenolic OH excluding ortho intramolecular Hbond substituents is 1. The number of carboxylic acid groups (broad SMARTS) is 1. The molecule has 1 aromatic carbocycles. The minimum atomic E-state index is -2.27. The van der Waals surface area contributed by atoms with Crippen LogP contribution in [-0.4, -0.2) is 61.4 Å². The van der Waals surface area contributed by atoms with Gasteiger partial charge in [0.1, 0.15) is 18.0 Å². The summed E-state index contributed by atoms with van der Waals surface area (Å²) in [7, 11) is 0. The maximum absolute atomic E-state index is 11.8. The van der Waals surface area contributed by atoms with Crippen LogP contribution in [0.2, 0.25) is 0 Å². The molecule has 1 aliphatic rings. The van der Waals surface area contributed by atoms with Gasteiger partial charge in [-0.1, -0.05) is 12.1 Å². The maximum Gasteiger partial charge on any atom is 0.335 e. The zero-order valence-electron chi connectivity index (χ0n) is 12.6. The van der Waals surface area contributed by atoms with Crippen molar-refractivity contribution in [3.8, 4) is 5.75 Å². The van der Waals surface area contributed by atoms with Gasteiger partial charge in [-0.15, -0.1) is 0 Å². The summed E-state index contributed by atoms with van der Waals surface area (Å²) in [6.45, 7) is 0. The molecule has 130 valence electrons. The fraction of sp³-hybridized carbons (Fsp3) is 0.375. The standard InChI is InChI=1S/C16H18O8/c17-10-4-1-9(2-5-10)3-6-13(19)24-12-8-16(23,15(21)22)7-11(18)14(12)20/h1-6,11-12,14,17-18,20,23H,7-8H2,(H,21,22)/b6-3+/t11-,12-,14+,16-/m1/s1. The van der Waals surface area contributed by atoms with Gasteiger partial charge in [0.25, 0.3) is 0 Å². The van der Waals surface area contributed by atoms with Crippen molar-refractivity contribution in [2.75, 3.05) is 0 Å². The molecule has 1 aromatic rings. The number of benzene rings is 1. The topological polar surface area (TPSA) is 145 Å². The van der Waals surface area contributed by atoms with E-state index in [-0.39, 0.29) is 5.75 Å². The van der Waals surface area contributed by atoms with Crippen molar-refractivity contribution in [3.63, 3.8) is 0 Å². The van der Waals surface area contributed by atoms with Crippen LogP contribution in [-0.2, 0) is 14.3 Å². The molecule has 0 heterocycles. The second kappa shape index (κ2) is 7.00. The number of aliphatic hydroxyl groups excluding tert-OH is 2. The van der Waals surface area contributed by atoms with E-state index in [1.54, 1.807) is 12.1 Å². The summed E-state index contributed by atoms with van der Waals surface area (Å²) in [5.41, 5.74) is -1.67. The minimum Gasteiger partial charge on any atom is -0.508 e. The minimum absolute atomic E-state index is 0.0713. The maximum atomic E-state index is 11.8. The monoisotopic (exact) mass is 338 g/mol. The molecule has 0 unspecified atom stereocenters. The van der Waals surface area contributed by atoms with E-state index in [1.165, 1.54) is 18.2 Å². The summed E-state index contributed by atoms with van der Waals surface area (Å²) in [4.78, 5) is 22.9. The molecule has 2 rings (SSSR count). The molecule has 4 atom stereocenters. The molecule has 24 heavy (non-hydrogen) atoms. The van der Waals surface area contributed by atoms with Crippen LogP contribution in [0.4, 0.5) is 0 Å². The number of carboxylic acids is 1. The van der Waals surface area contributed by atoms with Crippen LogP contribution in [0, 0.1) is 0 Å². The van der Waals surface area contributed by atoms with E-state index in [0.717, 1.165) is 6.08 Å². The highest BCUT2D eigenvalue weighted by atomic mass is 16.6. The van der Waals surface area contributed by atoms with Gasteiger partial charge >= 0.3 is 11.9 Å². The number of ether oxygens (including phenoxy) is 1. The van der Waals surface area contributed by atoms with Crippen molar-refractivity contribution in [1.82, 2.24) is 0 Å². The Morgan fingerprint density at radius 1 is 1.17 bits per heavy atom.